The molecule has 6 heteroatoms. The summed E-state index contributed by atoms with van der Waals surface area (Å²) in [6.45, 7) is 4.28. The summed E-state index contributed by atoms with van der Waals surface area (Å²) in [6.07, 6.45) is -0.685. The first-order chi connectivity index (χ1) is 12.6. The Morgan fingerprint density at radius 3 is 2.65 bits per heavy atom. The number of fused-ring (bicyclic) bond motifs is 2. The van der Waals surface area contributed by atoms with Crippen LogP contribution in [0.3, 0.4) is 0 Å². The smallest absolute Gasteiger partial charge is 0.265 e. The van der Waals surface area contributed by atoms with E-state index >= 15 is 0 Å². The number of aromatic nitrogens is 2. The minimum absolute atomic E-state index is 0.163. The predicted molar refractivity (Wildman–Crippen MR) is 98.2 cm³/mol. The fourth-order valence-corrected chi connectivity index (χ4v) is 3.07. The van der Waals surface area contributed by atoms with Gasteiger partial charge in [-0.1, -0.05) is 38.1 Å². The number of para-hydroxylation sites is 4. The number of benzene rings is 2. The van der Waals surface area contributed by atoms with Crippen LogP contribution in [0.5, 0.6) is 11.5 Å². The highest BCUT2D eigenvalue weighted by molar-refractivity contribution is 5.82. The molecule has 1 amide bonds. The van der Waals surface area contributed by atoms with Gasteiger partial charge in [0.05, 0.1) is 17.1 Å². The third-order valence-corrected chi connectivity index (χ3v) is 4.47. The third-order valence-electron chi connectivity index (χ3n) is 4.47. The van der Waals surface area contributed by atoms with Crippen molar-refractivity contribution < 1.29 is 14.3 Å². The normalized spacial score (nSPS) is 17.3. The van der Waals surface area contributed by atoms with Crippen molar-refractivity contribution in [3.05, 3.63) is 54.4 Å². The molecule has 0 aliphatic carbocycles. The summed E-state index contributed by atoms with van der Waals surface area (Å²) in [5, 5.41) is 3.06. The van der Waals surface area contributed by atoms with E-state index in [0.717, 1.165) is 16.9 Å². The molecule has 2 heterocycles. The van der Waals surface area contributed by atoms with E-state index in [1.807, 2.05) is 56.3 Å². The van der Waals surface area contributed by atoms with E-state index in [9.17, 15) is 4.79 Å². The number of amides is 1. The average molecular weight is 351 g/mol. The van der Waals surface area contributed by atoms with E-state index in [1.54, 1.807) is 6.07 Å². The van der Waals surface area contributed by atoms with Gasteiger partial charge in [-0.15, -0.1) is 0 Å². The van der Waals surface area contributed by atoms with Gasteiger partial charge in [0.15, 0.2) is 11.5 Å². The molecule has 134 valence electrons. The Hall–Kier alpha value is -3.02. The lowest BCUT2D eigenvalue weighted by molar-refractivity contribution is -0.131. The zero-order valence-electron chi connectivity index (χ0n) is 14.7. The summed E-state index contributed by atoms with van der Waals surface area (Å²) in [5.41, 5.74) is 1.84. The number of ether oxygens (including phenoxy) is 2. The lowest BCUT2D eigenvalue weighted by Gasteiger charge is -2.28. The second-order valence-electron chi connectivity index (χ2n) is 6.73. The van der Waals surface area contributed by atoms with E-state index < -0.39 is 6.10 Å². The SMILES string of the molecule is CC(C)[C@H](NC(=O)[C@@H]1COc2ccccc2O1)c1nc2ccccc2[nH]1. The molecular weight excluding hydrogens is 330 g/mol. The van der Waals surface area contributed by atoms with Gasteiger partial charge < -0.3 is 19.8 Å². The van der Waals surface area contributed by atoms with Gasteiger partial charge in [-0.2, -0.15) is 0 Å². The van der Waals surface area contributed by atoms with Crippen LogP contribution in [-0.2, 0) is 4.79 Å². The van der Waals surface area contributed by atoms with Crippen molar-refractivity contribution in [1.82, 2.24) is 15.3 Å². The van der Waals surface area contributed by atoms with E-state index in [4.69, 9.17) is 9.47 Å². The van der Waals surface area contributed by atoms with E-state index in [-0.39, 0.29) is 24.5 Å². The first kappa shape index (κ1) is 16.4. The van der Waals surface area contributed by atoms with Crippen LogP contribution in [-0.4, -0.2) is 28.6 Å². The molecule has 2 N–H and O–H groups in total. The van der Waals surface area contributed by atoms with Crippen LogP contribution < -0.4 is 14.8 Å². The van der Waals surface area contributed by atoms with Crippen LogP contribution in [0, 0.1) is 5.92 Å². The van der Waals surface area contributed by atoms with Gasteiger partial charge in [-0.3, -0.25) is 4.79 Å². The second-order valence-corrected chi connectivity index (χ2v) is 6.73. The quantitative estimate of drug-likeness (QED) is 0.757. The highest BCUT2D eigenvalue weighted by Crippen LogP contribution is 2.31. The number of imidazole rings is 1. The van der Waals surface area contributed by atoms with E-state index in [0.29, 0.717) is 11.5 Å². The number of rotatable bonds is 4. The van der Waals surface area contributed by atoms with Gasteiger partial charge in [-0.25, -0.2) is 4.98 Å². The number of nitrogens with one attached hydrogen (secondary N) is 2. The molecule has 1 aliphatic rings. The van der Waals surface area contributed by atoms with E-state index in [2.05, 4.69) is 15.3 Å². The Morgan fingerprint density at radius 1 is 1.15 bits per heavy atom. The van der Waals surface area contributed by atoms with Gasteiger partial charge in [0.2, 0.25) is 6.10 Å². The van der Waals surface area contributed by atoms with Crippen molar-refractivity contribution in [3.8, 4) is 11.5 Å². The Kier molecular flexibility index (Phi) is 4.24. The van der Waals surface area contributed by atoms with Gasteiger partial charge in [-0.05, 0) is 30.2 Å². The first-order valence-corrected chi connectivity index (χ1v) is 8.75. The first-order valence-electron chi connectivity index (χ1n) is 8.75. The molecule has 1 aliphatic heterocycles. The minimum Gasteiger partial charge on any atom is -0.485 e. The molecule has 6 nitrogen and oxygen atoms in total. The maximum absolute atomic E-state index is 12.8. The highest BCUT2D eigenvalue weighted by Gasteiger charge is 2.31. The highest BCUT2D eigenvalue weighted by atomic mass is 16.6. The predicted octanol–water partition coefficient (Wildman–Crippen LogP) is 3.22. The van der Waals surface area contributed by atoms with Crippen LogP contribution in [0.1, 0.15) is 25.7 Å². The van der Waals surface area contributed by atoms with Crippen molar-refractivity contribution in [2.24, 2.45) is 5.92 Å². The molecule has 0 radical (unpaired) electrons. The zero-order chi connectivity index (χ0) is 18.1. The molecule has 2 atom stereocenters. The minimum atomic E-state index is -0.685. The van der Waals surface area contributed by atoms with Crippen molar-refractivity contribution in [2.75, 3.05) is 6.61 Å². The molecule has 26 heavy (non-hydrogen) atoms. The fourth-order valence-electron chi connectivity index (χ4n) is 3.07. The number of nitrogens with zero attached hydrogens (tertiary/aromatic N) is 1. The van der Waals surface area contributed by atoms with Crippen molar-refractivity contribution in [3.63, 3.8) is 0 Å². The van der Waals surface area contributed by atoms with Crippen LogP contribution >= 0.6 is 0 Å². The molecule has 1 aromatic heterocycles. The van der Waals surface area contributed by atoms with Crippen LogP contribution in [0.15, 0.2) is 48.5 Å². The lowest BCUT2D eigenvalue weighted by Crippen LogP contribution is -2.46. The maximum Gasteiger partial charge on any atom is 0.265 e. The summed E-state index contributed by atoms with van der Waals surface area (Å²) in [5.74, 6) is 1.94. The second kappa shape index (κ2) is 6.71. The molecule has 0 spiro atoms. The molecule has 4 rings (SSSR count). The molecule has 3 aromatic rings. The van der Waals surface area contributed by atoms with Gasteiger partial charge >= 0.3 is 0 Å². The summed E-state index contributed by atoms with van der Waals surface area (Å²) >= 11 is 0. The third kappa shape index (κ3) is 3.10. The summed E-state index contributed by atoms with van der Waals surface area (Å²) in [4.78, 5) is 20.7. The van der Waals surface area contributed by atoms with Gasteiger partial charge in [0.25, 0.3) is 5.91 Å². The van der Waals surface area contributed by atoms with Crippen molar-refractivity contribution in [2.45, 2.75) is 26.0 Å². The van der Waals surface area contributed by atoms with Gasteiger partial charge in [0.1, 0.15) is 12.4 Å². The zero-order valence-corrected chi connectivity index (χ0v) is 14.7. The number of carbonyl (C=O) groups is 1. The number of carbonyl (C=O) groups excluding carboxylic acids is 1. The standard InChI is InChI=1S/C20H21N3O3/c1-12(2)18(19-21-13-7-3-4-8-14(13)22-19)23-20(24)17-11-25-15-9-5-6-10-16(15)26-17/h3-10,12,17-18H,11H2,1-2H3,(H,21,22)(H,23,24)/t17-,18-/m0/s1. The molecular formula is C20H21N3O3. The number of aromatic amines is 1. The van der Waals surface area contributed by atoms with Crippen LogP contribution in [0.25, 0.3) is 11.0 Å². The Labute approximate surface area is 151 Å². The number of hydrogen-bond acceptors (Lipinski definition) is 4. The Balaban J connectivity index is 1.52. The fraction of sp³-hybridized carbons (Fsp3) is 0.300. The van der Waals surface area contributed by atoms with Gasteiger partial charge in [0, 0.05) is 0 Å². The monoisotopic (exact) mass is 351 g/mol. The maximum atomic E-state index is 12.8. The van der Waals surface area contributed by atoms with Crippen molar-refractivity contribution in [1.29, 1.82) is 0 Å². The number of H-pyrrole nitrogens is 1. The van der Waals surface area contributed by atoms with E-state index in [1.165, 1.54) is 0 Å². The molecule has 0 fully saturated rings. The van der Waals surface area contributed by atoms with Crippen LogP contribution in [0.2, 0.25) is 0 Å². The number of hydrogen-bond donors (Lipinski definition) is 2. The summed E-state index contributed by atoms with van der Waals surface area (Å²) in [6, 6.07) is 14.9. The Bertz CT molecular complexity index is 902. The lowest BCUT2D eigenvalue weighted by atomic mass is 10.0. The summed E-state index contributed by atoms with van der Waals surface area (Å²) < 4.78 is 11.4. The van der Waals surface area contributed by atoms with Crippen LogP contribution in [0.4, 0.5) is 0 Å². The molecule has 0 unspecified atom stereocenters. The molecule has 2 aromatic carbocycles. The molecule has 0 bridgehead atoms. The summed E-state index contributed by atoms with van der Waals surface area (Å²) in [7, 11) is 0. The average Bonchev–Trinajstić information content (AvgIpc) is 3.09. The molecule has 0 saturated heterocycles. The topological polar surface area (TPSA) is 76.2 Å². The molecule has 0 saturated carbocycles. The van der Waals surface area contributed by atoms with Crippen molar-refractivity contribution >= 4 is 16.9 Å². The largest absolute Gasteiger partial charge is 0.485 e. The Morgan fingerprint density at radius 2 is 1.88 bits per heavy atom.